The molecule has 2 rings (SSSR count). The molecule has 0 spiro atoms. The summed E-state index contributed by atoms with van der Waals surface area (Å²) >= 11 is 9.86. The highest BCUT2D eigenvalue weighted by atomic mass is 79.9. The van der Waals surface area contributed by atoms with Gasteiger partial charge < -0.3 is 0 Å². The summed E-state index contributed by atoms with van der Waals surface area (Å²) in [5.74, 6) is 0. The van der Waals surface area contributed by atoms with Gasteiger partial charge in [0, 0.05) is 4.47 Å². The fraction of sp³-hybridized carbons (Fsp3) is 0.143. The number of halogens is 2. The maximum absolute atomic E-state index is 6.44. The van der Waals surface area contributed by atoms with E-state index in [4.69, 9.17) is 11.6 Å². The van der Waals surface area contributed by atoms with Gasteiger partial charge in [-0.3, -0.25) is 0 Å². The summed E-state index contributed by atoms with van der Waals surface area (Å²) in [6.07, 6.45) is 0. The van der Waals surface area contributed by atoms with Gasteiger partial charge >= 0.3 is 0 Å². The van der Waals surface area contributed by atoms with Gasteiger partial charge in [0.05, 0.1) is 5.38 Å². The maximum Gasteiger partial charge on any atom is 0.0835 e. The fourth-order valence-corrected chi connectivity index (χ4v) is 2.20. The average molecular weight is 296 g/mol. The van der Waals surface area contributed by atoms with Crippen LogP contribution in [0.25, 0.3) is 0 Å². The van der Waals surface area contributed by atoms with Gasteiger partial charge in [-0.1, -0.05) is 57.9 Å². The zero-order chi connectivity index (χ0) is 11.5. The lowest BCUT2D eigenvalue weighted by molar-refractivity contribution is 1.13. The largest absolute Gasteiger partial charge is 0.113 e. The molecule has 0 N–H and O–H groups in total. The zero-order valence-corrected chi connectivity index (χ0v) is 11.3. The van der Waals surface area contributed by atoms with E-state index in [9.17, 15) is 0 Å². The topological polar surface area (TPSA) is 0 Å². The summed E-state index contributed by atoms with van der Waals surface area (Å²) in [4.78, 5) is 0. The summed E-state index contributed by atoms with van der Waals surface area (Å²) in [5.41, 5.74) is 3.50. The van der Waals surface area contributed by atoms with Crippen LogP contribution in [0.1, 0.15) is 22.1 Å². The van der Waals surface area contributed by atoms with Gasteiger partial charge in [0.15, 0.2) is 0 Å². The molecule has 1 atom stereocenters. The van der Waals surface area contributed by atoms with Crippen molar-refractivity contribution < 1.29 is 0 Å². The first kappa shape index (κ1) is 11.7. The molecule has 0 aliphatic heterocycles. The Hall–Kier alpha value is -0.790. The predicted octanol–water partition coefficient (Wildman–Crippen LogP) is 5.09. The number of rotatable bonds is 2. The van der Waals surface area contributed by atoms with Crippen molar-refractivity contribution in [3.05, 3.63) is 69.7 Å². The Morgan fingerprint density at radius 2 is 1.69 bits per heavy atom. The number of hydrogen-bond donors (Lipinski definition) is 0. The van der Waals surface area contributed by atoms with Crippen LogP contribution in [0.2, 0.25) is 0 Å². The van der Waals surface area contributed by atoms with Crippen LogP contribution >= 0.6 is 27.5 Å². The minimum Gasteiger partial charge on any atom is -0.113 e. The minimum absolute atomic E-state index is 0.0759. The van der Waals surface area contributed by atoms with Crippen molar-refractivity contribution in [3.63, 3.8) is 0 Å². The maximum atomic E-state index is 6.44. The van der Waals surface area contributed by atoms with Gasteiger partial charge in [-0.25, -0.2) is 0 Å². The molecular weight excluding hydrogens is 284 g/mol. The predicted molar refractivity (Wildman–Crippen MR) is 73.0 cm³/mol. The second-order valence-electron chi connectivity index (χ2n) is 3.83. The Morgan fingerprint density at radius 3 is 2.31 bits per heavy atom. The normalized spacial score (nSPS) is 12.4. The van der Waals surface area contributed by atoms with Crippen molar-refractivity contribution in [2.75, 3.05) is 0 Å². The van der Waals surface area contributed by atoms with E-state index in [0.717, 1.165) is 15.6 Å². The molecule has 0 fully saturated rings. The van der Waals surface area contributed by atoms with Crippen LogP contribution in [0.3, 0.4) is 0 Å². The van der Waals surface area contributed by atoms with E-state index in [1.165, 1.54) is 5.56 Å². The fourth-order valence-electron chi connectivity index (χ4n) is 1.65. The van der Waals surface area contributed by atoms with E-state index in [-0.39, 0.29) is 5.38 Å². The van der Waals surface area contributed by atoms with Gasteiger partial charge in [0.1, 0.15) is 0 Å². The Balaban J connectivity index is 2.31. The van der Waals surface area contributed by atoms with Gasteiger partial charge in [-0.2, -0.15) is 0 Å². The van der Waals surface area contributed by atoms with Crippen molar-refractivity contribution in [2.45, 2.75) is 12.3 Å². The Labute approximate surface area is 109 Å². The Kier molecular flexibility index (Phi) is 3.67. The summed E-state index contributed by atoms with van der Waals surface area (Å²) in [6.45, 7) is 2.08. The van der Waals surface area contributed by atoms with Crippen LogP contribution in [0.4, 0.5) is 0 Å². The molecule has 0 aromatic heterocycles. The van der Waals surface area contributed by atoms with Crippen molar-refractivity contribution in [3.8, 4) is 0 Å². The van der Waals surface area contributed by atoms with Crippen LogP contribution in [0, 0.1) is 6.92 Å². The van der Waals surface area contributed by atoms with Crippen LogP contribution in [-0.2, 0) is 0 Å². The van der Waals surface area contributed by atoms with Crippen molar-refractivity contribution in [1.29, 1.82) is 0 Å². The second-order valence-corrected chi connectivity index (χ2v) is 5.18. The first-order valence-corrected chi connectivity index (χ1v) is 6.36. The second kappa shape index (κ2) is 5.03. The van der Waals surface area contributed by atoms with Gasteiger partial charge in [0.2, 0.25) is 0 Å². The summed E-state index contributed by atoms with van der Waals surface area (Å²) in [7, 11) is 0. The highest BCUT2D eigenvalue weighted by Crippen LogP contribution is 2.29. The van der Waals surface area contributed by atoms with E-state index >= 15 is 0 Å². The molecule has 0 saturated carbocycles. The molecule has 0 aliphatic carbocycles. The molecule has 16 heavy (non-hydrogen) atoms. The van der Waals surface area contributed by atoms with Crippen LogP contribution in [0.5, 0.6) is 0 Å². The van der Waals surface area contributed by atoms with Crippen molar-refractivity contribution >= 4 is 27.5 Å². The molecule has 2 aromatic carbocycles. The lowest BCUT2D eigenvalue weighted by Crippen LogP contribution is -1.93. The minimum atomic E-state index is -0.0759. The molecule has 0 aliphatic rings. The smallest absolute Gasteiger partial charge is 0.0835 e. The monoisotopic (exact) mass is 294 g/mol. The van der Waals surface area contributed by atoms with E-state index in [2.05, 4.69) is 41.1 Å². The van der Waals surface area contributed by atoms with Crippen LogP contribution < -0.4 is 0 Å². The van der Waals surface area contributed by atoms with E-state index in [1.54, 1.807) is 0 Å². The average Bonchev–Trinajstić information content (AvgIpc) is 2.29. The van der Waals surface area contributed by atoms with Gasteiger partial charge in [-0.15, -0.1) is 11.6 Å². The van der Waals surface area contributed by atoms with Crippen molar-refractivity contribution in [1.82, 2.24) is 0 Å². The zero-order valence-electron chi connectivity index (χ0n) is 8.95. The van der Waals surface area contributed by atoms with Crippen LogP contribution in [-0.4, -0.2) is 0 Å². The molecule has 2 heteroatoms. The van der Waals surface area contributed by atoms with E-state index < -0.39 is 0 Å². The molecule has 0 saturated heterocycles. The molecule has 0 nitrogen and oxygen atoms in total. The molecule has 82 valence electrons. The summed E-state index contributed by atoms with van der Waals surface area (Å²) in [6, 6.07) is 16.4. The van der Waals surface area contributed by atoms with E-state index in [0.29, 0.717) is 0 Å². The summed E-state index contributed by atoms with van der Waals surface area (Å²) < 4.78 is 1.07. The molecule has 0 amide bonds. The van der Waals surface area contributed by atoms with Crippen molar-refractivity contribution in [2.24, 2.45) is 0 Å². The summed E-state index contributed by atoms with van der Waals surface area (Å²) in [5, 5.41) is -0.0759. The SMILES string of the molecule is Cc1cccc(C(Cl)c2ccc(Br)cc2)c1. The number of alkyl halides is 1. The first-order valence-electron chi connectivity index (χ1n) is 5.13. The Bertz CT molecular complexity index is 476. The molecular formula is C14H12BrCl. The molecule has 2 aromatic rings. The quantitative estimate of drug-likeness (QED) is 0.677. The Morgan fingerprint density at radius 1 is 1.00 bits per heavy atom. The highest BCUT2D eigenvalue weighted by molar-refractivity contribution is 9.10. The number of aryl methyl sites for hydroxylation is 1. The van der Waals surface area contributed by atoms with E-state index in [1.807, 2.05) is 30.3 Å². The third kappa shape index (κ3) is 2.66. The van der Waals surface area contributed by atoms with Gasteiger partial charge in [-0.05, 0) is 30.2 Å². The highest BCUT2D eigenvalue weighted by Gasteiger charge is 2.10. The molecule has 0 heterocycles. The standard InChI is InChI=1S/C14H12BrCl/c1-10-3-2-4-12(9-10)14(16)11-5-7-13(15)8-6-11/h2-9,14H,1H3. The van der Waals surface area contributed by atoms with Gasteiger partial charge in [0.25, 0.3) is 0 Å². The van der Waals surface area contributed by atoms with Crippen LogP contribution in [0.15, 0.2) is 53.0 Å². The molecule has 0 radical (unpaired) electrons. The third-order valence-electron chi connectivity index (χ3n) is 2.50. The molecule has 0 bridgehead atoms. The lowest BCUT2D eigenvalue weighted by atomic mass is 10.0. The number of benzene rings is 2. The third-order valence-corrected chi connectivity index (χ3v) is 3.53. The molecule has 1 unspecified atom stereocenters. The first-order chi connectivity index (χ1) is 7.66. The lowest BCUT2D eigenvalue weighted by Gasteiger charge is -2.11. The number of hydrogen-bond acceptors (Lipinski definition) is 0.